The molecule has 0 radical (unpaired) electrons. The molecule has 0 saturated heterocycles. The zero-order valence-corrected chi connectivity index (χ0v) is 12.9. The van der Waals surface area contributed by atoms with Crippen LogP contribution in [0.1, 0.15) is 13.8 Å². The van der Waals surface area contributed by atoms with E-state index in [1.807, 2.05) is 19.9 Å². The van der Waals surface area contributed by atoms with Crippen LogP contribution in [0.4, 0.5) is 5.69 Å². The summed E-state index contributed by atoms with van der Waals surface area (Å²) < 4.78 is 11.5. The number of rotatable bonds is 3. The van der Waals surface area contributed by atoms with Gasteiger partial charge in [0.25, 0.3) is 0 Å². The number of fused-ring (bicyclic) bond motifs is 1. The topological polar surface area (TPSA) is 85.7 Å². The number of para-hydroxylation sites is 1. The molecular formula is C18H17NO4. The number of hydrogen-bond donors (Lipinski definition) is 2. The second-order valence-corrected chi connectivity index (χ2v) is 5.53. The SMILES string of the molecule is CC(C)Oc1ccccc1-c1oc2ccc(N)cc2c(=O)c1O. The van der Waals surface area contributed by atoms with Gasteiger partial charge in [0.15, 0.2) is 5.76 Å². The molecule has 0 bridgehead atoms. The van der Waals surface area contributed by atoms with Gasteiger partial charge in [0, 0.05) is 5.69 Å². The molecule has 1 aromatic heterocycles. The number of anilines is 1. The van der Waals surface area contributed by atoms with Crippen molar-refractivity contribution in [2.75, 3.05) is 5.73 Å². The number of hydrogen-bond acceptors (Lipinski definition) is 5. The van der Waals surface area contributed by atoms with Crippen LogP contribution in [0.3, 0.4) is 0 Å². The zero-order chi connectivity index (χ0) is 16.6. The van der Waals surface area contributed by atoms with E-state index in [9.17, 15) is 9.90 Å². The third kappa shape index (κ3) is 2.73. The van der Waals surface area contributed by atoms with Gasteiger partial charge in [0.2, 0.25) is 11.2 Å². The summed E-state index contributed by atoms with van der Waals surface area (Å²) in [6.07, 6.45) is -0.0507. The highest BCUT2D eigenvalue weighted by atomic mass is 16.5. The molecule has 0 spiro atoms. The van der Waals surface area contributed by atoms with Crippen molar-refractivity contribution in [3.63, 3.8) is 0 Å². The molecule has 3 aromatic rings. The van der Waals surface area contributed by atoms with Crippen LogP contribution in [-0.2, 0) is 0 Å². The molecule has 5 heteroatoms. The van der Waals surface area contributed by atoms with E-state index in [4.69, 9.17) is 14.9 Å². The van der Waals surface area contributed by atoms with Gasteiger partial charge in [-0.1, -0.05) is 12.1 Å². The van der Waals surface area contributed by atoms with Crippen LogP contribution >= 0.6 is 0 Å². The smallest absolute Gasteiger partial charge is 0.235 e. The molecule has 0 aliphatic heterocycles. The van der Waals surface area contributed by atoms with Crippen LogP contribution in [-0.4, -0.2) is 11.2 Å². The molecule has 0 aliphatic carbocycles. The standard InChI is InChI=1S/C18H17NO4/c1-10(2)22-14-6-4-3-5-12(14)18-17(21)16(20)13-9-11(19)7-8-15(13)23-18/h3-10,21H,19H2,1-2H3. The number of nitrogen functional groups attached to an aromatic ring is 1. The predicted octanol–water partition coefficient (Wildman–Crippen LogP) is 3.54. The maximum Gasteiger partial charge on any atom is 0.235 e. The highest BCUT2D eigenvalue weighted by molar-refractivity contribution is 5.85. The molecule has 0 fully saturated rings. The Morgan fingerprint density at radius 3 is 2.65 bits per heavy atom. The van der Waals surface area contributed by atoms with E-state index in [0.717, 1.165) is 0 Å². The van der Waals surface area contributed by atoms with Gasteiger partial charge in [-0.05, 0) is 44.2 Å². The fraction of sp³-hybridized carbons (Fsp3) is 0.167. The first-order chi connectivity index (χ1) is 11.0. The molecule has 3 N–H and O–H groups in total. The lowest BCUT2D eigenvalue weighted by Gasteiger charge is -2.14. The van der Waals surface area contributed by atoms with Crippen LogP contribution in [0.2, 0.25) is 0 Å². The van der Waals surface area contributed by atoms with Crippen LogP contribution < -0.4 is 15.9 Å². The van der Waals surface area contributed by atoms with E-state index >= 15 is 0 Å². The van der Waals surface area contributed by atoms with E-state index in [1.165, 1.54) is 6.07 Å². The highest BCUT2D eigenvalue weighted by Gasteiger charge is 2.19. The number of aromatic hydroxyl groups is 1. The Bertz CT molecular complexity index is 928. The summed E-state index contributed by atoms with van der Waals surface area (Å²) in [6, 6.07) is 11.8. The highest BCUT2D eigenvalue weighted by Crippen LogP contribution is 2.36. The van der Waals surface area contributed by atoms with Crippen molar-refractivity contribution in [3.05, 3.63) is 52.7 Å². The quantitative estimate of drug-likeness (QED) is 0.723. The van der Waals surface area contributed by atoms with Crippen molar-refractivity contribution in [3.8, 4) is 22.8 Å². The molecule has 0 saturated carbocycles. The second-order valence-electron chi connectivity index (χ2n) is 5.53. The number of benzene rings is 2. The van der Waals surface area contributed by atoms with Crippen molar-refractivity contribution in [2.45, 2.75) is 20.0 Å². The molecular weight excluding hydrogens is 294 g/mol. The van der Waals surface area contributed by atoms with Crippen molar-refractivity contribution in [2.24, 2.45) is 0 Å². The van der Waals surface area contributed by atoms with Gasteiger partial charge in [-0.2, -0.15) is 0 Å². The Labute approximate surface area is 132 Å². The van der Waals surface area contributed by atoms with Gasteiger partial charge in [0.05, 0.1) is 17.1 Å². The Balaban J connectivity index is 2.28. The van der Waals surface area contributed by atoms with E-state index in [0.29, 0.717) is 22.6 Å². The van der Waals surface area contributed by atoms with Crippen LogP contribution in [0.5, 0.6) is 11.5 Å². The molecule has 0 unspecified atom stereocenters. The fourth-order valence-electron chi connectivity index (χ4n) is 2.40. The second kappa shape index (κ2) is 5.68. The van der Waals surface area contributed by atoms with Gasteiger partial charge in [0.1, 0.15) is 11.3 Å². The molecule has 5 nitrogen and oxygen atoms in total. The maximum absolute atomic E-state index is 12.4. The number of nitrogens with two attached hydrogens (primary N) is 1. The molecule has 118 valence electrons. The van der Waals surface area contributed by atoms with Crippen molar-refractivity contribution >= 4 is 16.7 Å². The summed E-state index contributed by atoms with van der Waals surface area (Å²) in [5, 5.41) is 10.5. The van der Waals surface area contributed by atoms with Crippen LogP contribution in [0, 0.1) is 0 Å². The molecule has 0 atom stereocenters. The van der Waals surface area contributed by atoms with Gasteiger partial charge >= 0.3 is 0 Å². The Morgan fingerprint density at radius 1 is 1.17 bits per heavy atom. The lowest BCUT2D eigenvalue weighted by molar-refractivity contribution is 0.243. The van der Waals surface area contributed by atoms with Crippen molar-refractivity contribution in [1.82, 2.24) is 0 Å². The first kappa shape index (κ1) is 15.0. The Morgan fingerprint density at radius 2 is 1.91 bits per heavy atom. The summed E-state index contributed by atoms with van der Waals surface area (Å²) in [5.41, 5.74) is 6.48. The molecule has 2 aromatic carbocycles. The first-order valence-electron chi connectivity index (χ1n) is 7.28. The van der Waals surface area contributed by atoms with Crippen molar-refractivity contribution in [1.29, 1.82) is 0 Å². The minimum absolute atomic E-state index is 0.0507. The lowest BCUT2D eigenvalue weighted by atomic mass is 10.1. The van der Waals surface area contributed by atoms with Gasteiger partial charge < -0.3 is 20.0 Å². The average Bonchev–Trinajstić information content (AvgIpc) is 2.52. The van der Waals surface area contributed by atoms with Gasteiger partial charge in [-0.3, -0.25) is 4.79 Å². The predicted molar refractivity (Wildman–Crippen MR) is 89.8 cm³/mol. The number of ether oxygens (including phenoxy) is 1. The summed E-state index contributed by atoms with van der Waals surface area (Å²) in [4.78, 5) is 12.4. The minimum Gasteiger partial charge on any atom is -0.502 e. The molecule has 3 rings (SSSR count). The average molecular weight is 311 g/mol. The normalized spacial score (nSPS) is 11.1. The third-order valence-electron chi connectivity index (χ3n) is 3.38. The molecule has 0 amide bonds. The molecule has 23 heavy (non-hydrogen) atoms. The Hall–Kier alpha value is -2.95. The fourth-order valence-corrected chi connectivity index (χ4v) is 2.40. The Kier molecular flexibility index (Phi) is 3.70. The lowest BCUT2D eigenvalue weighted by Crippen LogP contribution is -2.07. The monoisotopic (exact) mass is 311 g/mol. The largest absolute Gasteiger partial charge is 0.502 e. The molecule has 1 heterocycles. The van der Waals surface area contributed by atoms with Gasteiger partial charge in [-0.25, -0.2) is 0 Å². The van der Waals surface area contributed by atoms with Gasteiger partial charge in [-0.15, -0.1) is 0 Å². The summed E-state index contributed by atoms with van der Waals surface area (Å²) in [5.74, 6) is 0.169. The summed E-state index contributed by atoms with van der Waals surface area (Å²) >= 11 is 0. The maximum atomic E-state index is 12.4. The zero-order valence-electron chi connectivity index (χ0n) is 12.9. The van der Waals surface area contributed by atoms with Crippen LogP contribution in [0.15, 0.2) is 51.7 Å². The summed E-state index contributed by atoms with van der Waals surface area (Å²) in [7, 11) is 0. The van der Waals surface area contributed by atoms with E-state index < -0.39 is 11.2 Å². The van der Waals surface area contributed by atoms with Crippen LogP contribution in [0.25, 0.3) is 22.3 Å². The summed E-state index contributed by atoms with van der Waals surface area (Å²) in [6.45, 7) is 3.80. The van der Waals surface area contributed by atoms with E-state index in [2.05, 4.69) is 0 Å². The third-order valence-corrected chi connectivity index (χ3v) is 3.38. The first-order valence-corrected chi connectivity index (χ1v) is 7.28. The minimum atomic E-state index is -0.520. The van der Waals surface area contributed by atoms with Crippen molar-refractivity contribution < 1.29 is 14.3 Å². The van der Waals surface area contributed by atoms with E-state index in [-0.39, 0.29) is 17.3 Å². The molecule has 0 aliphatic rings. The van der Waals surface area contributed by atoms with E-state index in [1.54, 1.807) is 30.3 Å².